The molecule has 1 aromatic rings. The highest BCUT2D eigenvalue weighted by Gasteiger charge is 2.18. The number of nitrogens with two attached hydrogens (primary N) is 1. The quantitative estimate of drug-likeness (QED) is 0.838. The van der Waals surface area contributed by atoms with Gasteiger partial charge in [0.2, 0.25) is 0 Å². The second-order valence-electron chi connectivity index (χ2n) is 4.79. The minimum atomic E-state index is -0.788. The van der Waals surface area contributed by atoms with Crippen LogP contribution < -0.4 is 10.6 Å². The molecule has 1 heterocycles. The molecule has 4 nitrogen and oxygen atoms in total. The van der Waals surface area contributed by atoms with E-state index in [0.717, 1.165) is 18.7 Å². The van der Waals surface area contributed by atoms with E-state index in [0.29, 0.717) is 6.42 Å². The standard InChI is InChI=1S/C14H20N2O2/c15-12(7-8-14(17)18)11-5-1-2-6-13(11)16-9-3-4-10-16/h1-2,5-6,12H,3-4,7-10,15H2,(H,17,18). The van der Waals surface area contributed by atoms with Crippen LogP contribution in [0, 0.1) is 0 Å². The lowest BCUT2D eigenvalue weighted by Crippen LogP contribution is -2.22. The molecule has 1 fully saturated rings. The van der Waals surface area contributed by atoms with Gasteiger partial charge in [0.25, 0.3) is 0 Å². The zero-order valence-electron chi connectivity index (χ0n) is 10.5. The fourth-order valence-electron chi connectivity index (χ4n) is 2.48. The second kappa shape index (κ2) is 5.87. The van der Waals surface area contributed by atoms with Crippen molar-refractivity contribution in [1.82, 2.24) is 0 Å². The highest BCUT2D eigenvalue weighted by Crippen LogP contribution is 2.29. The molecule has 2 rings (SSSR count). The Morgan fingerprint density at radius 2 is 2.00 bits per heavy atom. The van der Waals surface area contributed by atoms with Gasteiger partial charge in [0.15, 0.2) is 0 Å². The van der Waals surface area contributed by atoms with Gasteiger partial charge in [0, 0.05) is 31.2 Å². The molecule has 1 unspecified atom stereocenters. The number of aliphatic carboxylic acids is 1. The van der Waals surface area contributed by atoms with Crippen LogP contribution >= 0.6 is 0 Å². The highest BCUT2D eigenvalue weighted by atomic mass is 16.4. The number of rotatable bonds is 5. The number of para-hydroxylation sites is 1. The Bertz CT molecular complexity index is 414. The van der Waals surface area contributed by atoms with Crippen molar-refractivity contribution in [1.29, 1.82) is 0 Å². The predicted octanol–water partition coefficient (Wildman–Crippen LogP) is 2.15. The number of benzene rings is 1. The smallest absolute Gasteiger partial charge is 0.303 e. The van der Waals surface area contributed by atoms with Crippen molar-refractivity contribution >= 4 is 11.7 Å². The van der Waals surface area contributed by atoms with Gasteiger partial charge < -0.3 is 15.7 Å². The zero-order valence-corrected chi connectivity index (χ0v) is 10.5. The van der Waals surface area contributed by atoms with Crippen molar-refractivity contribution in [2.45, 2.75) is 31.7 Å². The molecule has 98 valence electrons. The van der Waals surface area contributed by atoms with Crippen LogP contribution in [0.2, 0.25) is 0 Å². The van der Waals surface area contributed by atoms with E-state index in [1.807, 2.05) is 18.2 Å². The Hall–Kier alpha value is -1.55. The third kappa shape index (κ3) is 3.01. The van der Waals surface area contributed by atoms with Crippen LogP contribution in [0.25, 0.3) is 0 Å². The predicted molar refractivity (Wildman–Crippen MR) is 71.7 cm³/mol. The molecule has 3 N–H and O–H groups in total. The van der Waals surface area contributed by atoms with Gasteiger partial charge >= 0.3 is 5.97 Å². The van der Waals surface area contributed by atoms with E-state index in [-0.39, 0.29) is 12.5 Å². The summed E-state index contributed by atoms with van der Waals surface area (Å²) < 4.78 is 0. The summed E-state index contributed by atoms with van der Waals surface area (Å²) in [7, 11) is 0. The minimum Gasteiger partial charge on any atom is -0.481 e. The second-order valence-corrected chi connectivity index (χ2v) is 4.79. The highest BCUT2D eigenvalue weighted by molar-refractivity contribution is 5.67. The zero-order chi connectivity index (χ0) is 13.0. The maximum absolute atomic E-state index is 10.6. The Kier molecular flexibility index (Phi) is 4.20. The largest absolute Gasteiger partial charge is 0.481 e. The first-order valence-electron chi connectivity index (χ1n) is 6.49. The van der Waals surface area contributed by atoms with Gasteiger partial charge in [-0.05, 0) is 30.9 Å². The van der Waals surface area contributed by atoms with E-state index in [4.69, 9.17) is 10.8 Å². The van der Waals surface area contributed by atoms with Crippen LogP contribution in [0.4, 0.5) is 5.69 Å². The number of carboxylic acids is 1. The normalized spacial score (nSPS) is 16.8. The Balaban J connectivity index is 2.13. The summed E-state index contributed by atoms with van der Waals surface area (Å²) in [5.41, 5.74) is 8.37. The maximum Gasteiger partial charge on any atom is 0.303 e. The Morgan fingerprint density at radius 1 is 1.33 bits per heavy atom. The minimum absolute atomic E-state index is 0.121. The number of hydrogen-bond donors (Lipinski definition) is 2. The topological polar surface area (TPSA) is 66.6 Å². The Morgan fingerprint density at radius 3 is 2.67 bits per heavy atom. The van der Waals surface area contributed by atoms with Crippen molar-refractivity contribution in [3.05, 3.63) is 29.8 Å². The van der Waals surface area contributed by atoms with Gasteiger partial charge in [0.05, 0.1) is 0 Å². The molecule has 18 heavy (non-hydrogen) atoms. The van der Waals surface area contributed by atoms with Crippen LogP contribution in [-0.4, -0.2) is 24.2 Å². The van der Waals surface area contributed by atoms with Gasteiger partial charge in [-0.2, -0.15) is 0 Å². The first kappa shape index (κ1) is 12.9. The lowest BCUT2D eigenvalue weighted by molar-refractivity contribution is -0.137. The molecule has 0 aliphatic carbocycles. The molecule has 4 heteroatoms. The first-order chi connectivity index (χ1) is 8.68. The first-order valence-corrected chi connectivity index (χ1v) is 6.49. The van der Waals surface area contributed by atoms with Gasteiger partial charge in [-0.3, -0.25) is 4.79 Å². The van der Waals surface area contributed by atoms with E-state index in [1.165, 1.54) is 18.5 Å². The third-order valence-corrected chi connectivity index (χ3v) is 3.45. The molecule has 0 aromatic heterocycles. The average molecular weight is 248 g/mol. The molecule has 1 atom stereocenters. The monoisotopic (exact) mass is 248 g/mol. The molecule has 1 aromatic carbocycles. The summed E-state index contributed by atoms with van der Waals surface area (Å²) >= 11 is 0. The summed E-state index contributed by atoms with van der Waals surface area (Å²) in [5, 5.41) is 8.72. The van der Waals surface area contributed by atoms with Crippen molar-refractivity contribution in [3.8, 4) is 0 Å². The van der Waals surface area contributed by atoms with Crippen molar-refractivity contribution in [2.24, 2.45) is 5.73 Å². The molecule has 1 aliphatic heterocycles. The van der Waals surface area contributed by atoms with Crippen molar-refractivity contribution in [2.75, 3.05) is 18.0 Å². The summed E-state index contributed by atoms with van der Waals surface area (Å²) in [6.07, 6.45) is 3.05. The van der Waals surface area contributed by atoms with E-state index in [9.17, 15) is 4.79 Å². The third-order valence-electron chi connectivity index (χ3n) is 3.45. The molecule has 0 saturated carbocycles. The summed E-state index contributed by atoms with van der Waals surface area (Å²) in [6, 6.07) is 7.89. The Labute approximate surface area is 107 Å². The molecule has 1 saturated heterocycles. The number of anilines is 1. The van der Waals surface area contributed by atoms with E-state index >= 15 is 0 Å². The number of nitrogens with zero attached hydrogens (tertiary/aromatic N) is 1. The fourth-order valence-corrected chi connectivity index (χ4v) is 2.48. The van der Waals surface area contributed by atoms with Gasteiger partial charge in [-0.15, -0.1) is 0 Å². The lowest BCUT2D eigenvalue weighted by Gasteiger charge is -2.24. The van der Waals surface area contributed by atoms with Crippen molar-refractivity contribution in [3.63, 3.8) is 0 Å². The maximum atomic E-state index is 10.6. The molecule has 0 radical (unpaired) electrons. The summed E-state index contributed by atoms with van der Waals surface area (Å²) in [6.45, 7) is 2.14. The SMILES string of the molecule is NC(CCC(=O)O)c1ccccc1N1CCCC1. The fraction of sp³-hybridized carbons (Fsp3) is 0.500. The van der Waals surface area contributed by atoms with Crippen LogP contribution in [0.1, 0.15) is 37.3 Å². The van der Waals surface area contributed by atoms with Crippen LogP contribution in [-0.2, 0) is 4.79 Å². The van der Waals surface area contributed by atoms with E-state index in [2.05, 4.69) is 11.0 Å². The molecule has 0 amide bonds. The lowest BCUT2D eigenvalue weighted by atomic mass is 10.0. The van der Waals surface area contributed by atoms with E-state index in [1.54, 1.807) is 0 Å². The van der Waals surface area contributed by atoms with Crippen LogP contribution in [0.15, 0.2) is 24.3 Å². The van der Waals surface area contributed by atoms with Gasteiger partial charge in [-0.1, -0.05) is 18.2 Å². The van der Waals surface area contributed by atoms with Gasteiger partial charge in [-0.25, -0.2) is 0 Å². The molecular weight excluding hydrogens is 228 g/mol. The molecular formula is C14H20N2O2. The number of hydrogen-bond acceptors (Lipinski definition) is 3. The van der Waals surface area contributed by atoms with Crippen LogP contribution in [0.3, 0.4) is 0 Å². The van der Waals surface area contributed by atoms with E-state index < -0.39 is 5.97 Å². The molecule has 0 spiro atoms. The number of carbonyl (C=O) groups is 1. The number of carboxylic acid groups (broad SMARTS) is 1. The summed E-state index contributed by atoms with van der Waals surface area (Å²) in [5.74, 6) is -0.788. The van der Waals surface area contributed by atoms with Crippen LogP contribution in [0.5, 0.6) is 0 Å². The average Bonchev–Trinajstić information content (AvgIpc) is 2.89. The van der Waals surface area contributed by atoms with Crippen molar-refractivity contribution < 1.29 is 9.90 Å². The summed E-state index contributed by atoms with van der Waals surface area (Å²) in [4.78, 5) is 13.0. The molecule has 1 aliphatic rings. The van der Waals surface area contributed by atoms with Gasteiger partial charge in [0.1, 0.15) is 0 Å². The molecule has 0 bridgehead atoms.